The van der Waals surface area contributed by atoms with Crippen molar-refractivity contribution in [1.29, 1.82) is 0 Å². The Bertz CT molecular complexity index is 464. The first kappa shape index (κ1) is 11.6. The normalized spacial score (nSPS) is 15.5. The highest BCUT2D eigenvalue weighted by molar-refractivity contribution is 5.45. The predicted molar refractivity (Wildman–Crippen MR) is 74.2 cm³/mol. The van der Waals surface area contributed by atoms with Crippen LogP contribution >= 0.6 is 0 Å². The van der Waals surface area contributed by atoms with Gasteiger partial charge in [-0.25, -0.2) is 0 Å². The van der Waals surface area contributed by atoms with Crippen LogP contribution in [-0.4, -0.2) is 6.72 Å². The van der Waals surface area contributed by atoms with Crippen molar-refractivity contribution in [3.05, 3.63) is 71.5 Å². The number of nitrogens with zero attached hydrogens (tertiary/aromatic N) is 1. The van der Waals surface area contributed by atoms with Crippen molar-refractivity contribution >= 4 is 6.72 Å². The van der Waals surface area contributed by atoms with E-state index in [1.807, 2.05) is 6.07 Å². The van der Waals surface area contributed by atoms with E-state index < -0.39 is 0 Å². The van der Waals surface area contributed by atoms with E-state index >= 15 is 0 Å². The molecule has 1 nitrogen and oxygen atoms in total. The van der Waals surface area contributed by atoms with Gasteiger partial charge in [-0.3, -0.25) is 4.99 Å². The van der Waals surface area contributed by atoms with Gasteiger partial charge in [0, 0.05) is 0 Å². The van der Waals surface area contributed by atoms with E-state index in [1.165, 1.54) is 11.1 Å². The van der Waals surface area contributed by atoms with Crippen LogP contribution in [0.4, 0.5) is 0 Å². The molecule has 0 N–H and O–H groups in total. The van der Waals surface area contributed by atoms with Gasteiger partial charge in [0.2, 0.25) is 0 Å². The fourth-order valence-electron chi connectivity index (χ4n) is 1.91. The van der Waals surface area contributed by atoms with Crippen molar-refractivity contribution in [2.45, 2.75) is 19.3 Å². The van der Waals surface area contributed by atoms with Gasteiger partial charge in [0.1, 0.15) is 0 Å². The number of aliphatic imine (C=N–C) groups is 1. The third kappa shape index (κ3) is 3.28. The summed E-state index contributed by atoms with van der Waals surface area (Å²) in [6.07, 6.45) is 11.8. The molecule has 0 aliphatic heterocycles. The second kappa shape index (κ2) is 6.00. The molecule has 1 aromatic rings. The minimum Gasteiger partial charge on any atom is -0.264 e. The molecule has 0 fully saturated rings. The molecule has 0 aromatic heterocycles. The first-order chi connectivity index (χ1) is 8.40. The van der Waals surface area contributed by atoms with E-state index in [4.69, 9.17) is 0 Å². The molecule has 0 bridgehead atoms. The molecule has 2 rings (SSSR count). The highest BCUT2D eigenvalue weighted by atomic mass is 14.7. The fourth-order valence-corrected chi connectivity index (χ4v) is 1.91. The molecule has 0 spiro atoms. The molecule has 1 aliphatic carbocycles. The zero-order valence-electron chi connectivity index (χ0n) is 9.97. The van der Waals surface area contributed by atoms with Crippen molar-refractivity contribution in [1.82, 2.24) is 0 Å². The van der Waals surface area contributed by atoms with E-state index in [2.05, 4.69) is 60.3 Å². The van der Waals surface area contributed by atoms with Gasteiger partial charge in [-0.1, -0.05) is 54.6 Å². The van der Waals surface area contributed by atoms with Crippen LogP contribution in [0.2, 0.25) is 0 Å². The molecule has 0 heterocycles. The zero-order chi connectivity index (χ0) is 11.9. The second-order valence-corrected chi connectivity index (χ2v) is 4.08. The fraction of sp³-hybridized carbons (Fsp3) is 0.188. The lowest BCUT2D eigenvalue weighted by Gasteiger charge is -2.07. The minimum absolute atomic E-state index is 0.903. The van der Waals surface area contributed by atoms with Crippen LogP contribution in [0.25, 0.3) is 0 Å². The van der Waals surface area contributed by atoms with Gasteiger partial charge in [0.15, 0.2) is 0 Å². The summed E-state index contributed by atoms with van der Waals surface area (Å²) in [5.41, 5.74) is 3.49. The Balaban J connectivity index is 2.11. The Labute approximate surface area is 103 Å². The van der Waals surface area contributed by atoms with Crippen LogP contribution in [0, 0.1) is 0 Å². The number of hydrogen-bond acceptors (Lipinski definition) is 1. The summed E-state index contributed by atoms with van der Waals surface area (Å²) in [4.78, 5) is 4.12. The molecular formula is C16H17N. The average Bonchev–Trinajstić information content (AvgIpc) is 2.42. The number of rotatable bonds is 4. The molecule has 0 unspecified atom stereocenters. The topological polar surface area (TPSA) is 12.4 Å². The molecule has 1 aromatic carbocycles. The molecular weight excluding hydrogens is 206 g/mol. The standard InChI is InChI=1S/C16H17N/c1-17-16(15-10-6-3-7-11-15)13-12-14-8-4-2-5-9-14/h2,4-6,8-11,13H,1,3,7,12H2/b16-13-. The summed E-state index contributed by atoms with van der Waals surface area (Å²) in [5, 5.41) is 0. The summed E-state index contributed by atoms with van der Waals surface area (Å²) < 4.78 is 0. The zero-order valence-corrected chi connectivity index (χ0v) is 9.97. The van der Waals surface area contributed by atoms with Crippen LogP contribution in [0.15, 0.2) is 70.9 Å². The van der Waals surface area contributed by atoms with E-state index in [0.717, 1.165) is 25.0 Å². The quantitative estimate of drug-likeness (QED) is 0.682. The Morgan fingerprint density at radius 2 is 2.06 bits per heavy atom. The SMILES string of the molecule is C=N/C(=C\Cc1ccccc1)C1=CCCC=C1. The van der Waals surface area contributed by atoms with Gasteiger partial charge in [-0.05, 0) is 37.1 Å². The molecule has 1 heteroatoms. The average molecular weight is 223 g/mol. The number of allylic oxidation sites excluding steroid dienone is 4. The van der Waals surface area contributed by atoms with E-state index in [-0.39, 0.29) is 0 Å². The highest BCUT2D eigenvalue weighted by Crippen LogP contribution is 2.19. The summed E-state index contributed by atoms with van der Waals surface area (Å²) in [6, 6.07) is 10.4. The summed E-state index contributed by atoms with van der Waals surface area (Å²) in [7, 11) is 0. The maximum atomic E-state index is 4.12. The van der Waals surface area contributed by atoms with Crippen LogP contribution < -0.4 is 0 Å². The van der Waals surface area contributed by atoms with Crippen LogP contribution in [0.5, 0.6) is 0 Å². The number of benzene rings is 1. The third-order valence-electron chi connectivity index (χ3n) is 2.84. The Morgan fingerprint density at radius 3 is 2.71 bits per heavy atom. The molecule has 0 amide bonds. The van der Waals surface area contributed by atoms with Crippen molar-refractivity contribution in [2.75, 3.05) is 0 Å². The molecule has 86 valence electrons. The van der Waals surface area contributed by atoms with Gasteiger partial charge >= 0.3 is 0 Å². The van der Waals surface area contributed by atoms with E-state index in [1.54, 1.807) is 0 Å². The predicted octanol–water partition coefficient (Wildman–Crippen LogP) is 4.09. The molecule has 17 heavy (non-hydrogen) atoms. The van der Waals surface area contributed by atoms with Crippen molar-refractivity contribution < 1.29 is 0 Å². The van der Waals surface area contributed by atoms with Gasteiger partial charge in [0.05, 0.1) is 5.70 Å². The van der Waals surface area contributed by atoms with Gasteiger partial charge < -0.3 is 0 Å². The van der Waals surface area contributed by atoms with Gasteiger partial charge in [-0.2, -0.15) is 0 Å². The summed E-state index contributed by atoms with van der Waals surface area (Å²) in [5.74, 6) is 0. The minimum atomic E-state index is 0.903. The smallest absolute Gasteiger partial charge is 0.0654 e. The highest BCUT2D eigenvalue weighted by Gasteiger charge is 2.02. The Kier molecular flexibility index (Phi) is 4.09. The lowest BCUT2D eigenvalue weighted by Crippen LogP contribution is -1.90. The number of hydrogen-bond donors (Lipinski definition) is 0. The van der Waals surface area contributed by atoms with Crippen molar-refractivity contribution in [3.8, 4) is 0 Å². The van der Waals surface area contributed by atoms with Crippen molar-refractivity contribution in [3.63, 3.8) is 0 Å². The molecule has 0 saturated heterocycles. The first-order valence-electron chi connectivity index (χ1n) is 5.98. The third-order valence-corrected chi connectivity index (χ3v) is 2.84. The van der Waals surface area contributed by atoms with Crippen LogP contribution in [-0.2, 0) is 6.42 Å². The monoisotopic (exact) mass is 223 g/mol. The summed E-state index contributed by atoms with van der Waals surface area (Å²) in [6.45, 7) is 3.66. The molecule has 0 atom stereocenters. The maximum absolute atomic E-state index is 4.12. The van der Waals surface area contributed by atoms with E-state index in [9.17, 15) is 0 Å². The molecule has 1 aliphatic rings. The molecule has 0 saturated carbocycles. The first-order valence-corrected chi connectivity index (χ1v) is 5.98. The maximum Gasteiger partial charge on any atom is 0.0654 e. The van der Waals surface area contributed by atoms with Crippen LogP contribution in [0.3, 0.4) is 0 Å². The molecule has 0 radical (unpaired) electrons. The van der Waals surface area contributed by atoms with Gasteiger partial charge in [0.25, 0.3) is 0 Å². The second-order valence-electron chi connectivity index (χ2n) is 4.08. The largest absolute Gasteiger partial charge is 0.264 e. The van der Waals surface area contributed by atoms with Crippen molar-refractivity contribution in [2.24, 2.45) is 4.99 Å². The van der Waals surface area contributed by atoms with Gasteiger partial charge in [-0.15, -0.1) is 0 Å². The van der Waals surface area contributed by atoms with E-state index in [0.29, 0.717) is 0 Å². The van der Waals surface area contributed by atoms with Crippen LogP contribution in [0.1, 0.15) is 18.4 Å². The lowest BCUT2D eigenvalue weighted by atomic mass is 10.0. The summed E-state index contributed by atoms with van der Waals surface area (Å²) >= 11 is 0. The Hall–Kier alpha value is -1.89. The Morgan fingerprint density at radius 1 is 1.24 bits per heavy atom. The lowest BCUT2D eigenvalue weighted by molar-refractivity contribution is 1.01.